The molecule has 0 aromatic heterocycles. The Morgan fingerprint density at radius 3 is 2.47 bits per heavy atom. The lowest BCUT2D eigenvalue weighted by atomic mass is 10.2. The van der Waals surface area contributed by atoms with Crippen molar-refractivity contribution in [2.75, 3.05) is 18.6 Å². The number of benzene rings is 1. The van der Waals surface area contributed by atoms with E-state index in [0.717, 1.165) is 0 Å². The molecule has 0 atom stereocenters. The predicted octanol–water partition coefficient (Wildman–Crippen LogP) is 1.77. The second-order valence-electron chi connectivity index (χ2n) is 3.34. The quantitative estimate of drug-likeness (QED) is 0.588. The van der Waals surface area contributed by atoms with Crippen LogP contribution in [0.3, 0.4) is 0 Å². The largest absolute Gasteiger partial charge is 0.468 e. The first-order chi connectivity index (χ1) is 8.19. The zero-order chi connectivity index (χ0) is 12.7. The molecule has 0 fully saturated rings. The number of hydrogen-bond donors (Lipinski definition) is 0. The molecular formula is C13H15NO3. The first-order valence-corrected chi connectivity index (χ1v) is 5.25. The van der Waals surface area contributed by atoms with E-state index in [0.29, 0.717) is 5.69 Å². The minimum absolute atomic E-state index is 0.0936. The molecule has 1 amide bonds. The van der Waals surface area contributed by atoms with Crippen LogP contribution in [0, 0.1) is 0 Å². The molecule has 0 aliphatic carbocycles. The van der Waals surface area contributed by atoms with Crippen molar-refractivity contribution in [3.8, 4) is 0 Å². The van der Waals surface area contributed by atoms with E-state index in [2.05, 4.69) is 4.74 Å². The molecular weight excluding hydrogens is 218 g/mol. The number of anilines is 1. The molecule has 0 aliphatic heterocycles. The lowest BCUT2D eigenvalue weighted by Gasteiger charge is -2.19. The number of carbonyl (C=O) groups excluding carboxylic acids is 2. The highest BCUT2D eigenvalue weighted by Gasteiger charge is 2.16. The van der Waals surface area contributed by atoms with Crippen molar-refractivity contribution >= 4 is 17.6 Å². The number of ether oxygens (including phenoxy) is 1. The van der Waals surface area contributed by atoms with Crippen LogP contribution in [0.2, 0.25) is 0 Å². The lowest BCUT2D eigenvalue weighted by molar-refractivity contribution is -0.139. The fourth-order valence-corrected chi connectivity index (χ4v) is 1.33. The maximum Gasteiger partial charge on any atom is 0.325 e. The number of para-hydroxylation sites is 1. The number of allylic oxidation sites excluding steroid dienone is 1. The first-order valence-electron chi connectivity index (χ1n) is 5.25. The van der Waals surface area contributed by atoms with Crippen LogP contribution in [0.5, 0.6) is 0 Å². The first kappa shape index (κ1) is 13.0. The number of esters is 1. The summed E-state index contributed by atoms with van der Waals surface area (Å²) in [5, 5.41) is 0. The summed E-state index contributed by atoms with van der Waals surface area (Å²) in [7, 11) is 1.30. The predicted molar refractivity (Wildman–Crippen MR) is 65.6 cm³/mol. The van der Waals surface area contributed by atoms with Crippen molar-refractivity contribution < 1.29 is 14.3 Å². The summed E-state index contributed by atoms with van der Waals surface area (Å²) in [6.07, 6.45) is 3.05. The SMILES string of the molecule is CC=CC(=O)N(CC(=O)OC)c1ccccc1. The van der Waals surface area contributed by atoms with Gasteiger partial charge in [0.25, 0.3) is 5.91 Å². The fourth-order valence-electron chi connectivity index (χ4n) is 1.33. The molecule has 17 heavy (non-hydrogen) atoms. The number of carbonyl (C=O) groups is 2. The van der Waals surface area contributed by atoms with Gasteiger partial charge in [-0.25, -0.2) is 0 Å². The molecule has 0 radical (unpaired) electrons. The molecule has 0 aliphatic rings. The summed E-state index contributed by atoms with van der Waals surface area (Å²) in [6, 6.07) is 9.00. The van der Waals surface area contributed by atoms with Gasteiger partial charge in [0, 0.05) is 5.69 Å². The zero-order valence-corrected chi connectivity index (χ0v) is 9.92. The van der Waals surface area contributed by atoms with Gasteiger partial charge >= 0.3 is 5.97 Å². The second-order valence-corrected chi connectivity index (χ2v) is 3.34. The van der Waals surface area contributed by atoms with Crippen molar-refractivity contribution in [3.05, 3.63) is 42.5 Å². The number of rotatable bonds is 4. The number of nitrogens with zero attached hydrogens (tertiary/aromatic N) is 1. The van der Waals surface area contributed by atoms with Gasteiger partial charge in [-0.15, -0.1) is 0 Å². The maximum atomic E-state index is 11.8. The van der Waals surface area contributed by atoms with E-state index in [1.54, 1.807) is 25.1 Å². The van der Waals surface area contributed by atoms with Crippen LogP contribution in [0.15, 0.2) is 42.5 Å². The maximum absolute atomic E-state index is 11.8. The van der Waals surface area contributed by atoms with E-state index in [1.165, 1.54) is 18.1 Å². The third-order valence-corrected chi connectivity index (χ3v) is 2.16. The van der Waals surface area contributed by atoms with E-state index in [4.69, 9.17) is 0 Å². The van der Waals surface area contributed by atoms with E-state index in [-0.39, 0.29) is 12.5 Å². The van der Waals surface area contributed by atoms with Gasteiger partial charge in [0.05, 0.1) is 7.11 Å². The smallest absolute Gasteiger partial charge is 0.325 e. The molecule has 4 nitrogen and oxygen atoms in total. The van der Waals surface area contributed by atoms with Crippen molar-refractivity contribution in [1.29, 1.82) is 0 Å². The summed E-state index contributed by atoms with van der Waals surface area (Å²) < 4.78 is 4.57. The molecule has 4 heteroatoms. The van der Waals surface area contributed by atoms with Gasteiger partial charge in [0.1, 0.15) is 6.54 Å². The number of hydrogen-bond acceptors (Lipinski definition) is 3. The minimum atomic E-state index is -0.452. The Morgan fingerprint density at radius 2 is 1.94 bits per heavy atom. The summed E-state index contributed by atoms with van der Waals surface area (Å²) >= 11 is 0. The van der Waals surface area contributed by atoms with Crippen LogP contribution < -0.4 is 4.90 Å². The Balaban J connectivity index is 2.94. The Kier molecular flexibility index (Phi) is 4.94. The standard InChI is InChI=1S/C13H15NO3/c1-3-7-12(15)14(10-13(16)17-2)11-8-5-4-6-9-11/h3-9H,10H2,1-2H3. The third-order valence-electron chi connectivity index (χ3n) is 2.16. The minimum Gasteiger partial charge on any atom is -0.468 e. The van der Waals surface area contributed by atoms with Crippen LogP contribution in [0.25, 0.3) is 0 Å². The van der Waals surface area contributed by atoms with Gasteiger partial charge in [0.2, 0.25) is 0 Å². The van der Waals surface area contributed by atoms with Gasteiger partial charge in [-0.3, -0.25) is 14.5 Å². The second kappa shape index (κ2) is 6.48. The Hall–Kier alpha value is -2.10. The van der Waals surface area contributed by atoms with Gasteiger partial charge in [0.15, 0.2) is 0 Å². The summed E-state index contributed by atoms with van der Waals surface area (Å²) in [5.74, 6) is -0.698. The molecule has 0 spiro atoms. The van der Waals surface area contributed by atoms with Gasteiger partial charge in [-0.05, 0) is 25.1 Å². The molecule has 1 rings (SSSR count). The van der Waals surface area contributed by atoms with E-state index < -0.39 is 5.97 Å². The zero-order valence-electron chi connectivity index (χ0n) is 9.92. The molecule has 1 aromatic carbocycles. The van der Waals surface area contributed by atoms with Crippen molar-refractivity contribution in [2.45, 2.75) is 6.92 Å². The molecule has 0 N–H and O–H groups in total. The topological polar surface area (TPSA) is 46.6 Å². The van der Waals surface area contributed by atoms with Gasteiger partial charge < -0.3 is 4.74 Å². The molecule has 90 valence electrons. The van der Waals surface area contributed by atoms with Crippen molar-refractivity contribution in [3.63, 3.8) is 0 Å². The Morgan fingerprint density at radius 1 is 1.29 bits per heavy atom. The third kappa shape index (κ3) is 3.75. The monoisotopic (exact) mass is 233 g/mol. The van der Waals surface area contributed by atoms with Crippen LogP contribution >= 0.6 is 0 Å². The average Bonchev–Trinajstić information content (AvgIpc) is 2.36. The van der Waals surface area contributed by atoms with E-state index >= 15 is 0 Å². The highest BCUT2D eigenvalue weighted by molar-refractivity contribution is 6.04. The number of methoxy groups -OCH3 is 1. The van der Waals surface area contributed by atoms with Gasteiger partial charge in [-0.2, -0.15) is 0 Å². The molecule has 0 saturated carbocycles. The molecule has 1 aromatic rings. The number of amides is 1. The molecule has 0 unspecified atom stereocenters. The Labute approximate surface area is 100 Å². The van der Waals surface area contributed by atoms with Gasteiger partial charge in [-0.1, -0.05) is 24.3 Å². The lowest BCUT2D eigenvalue weighted by Crippen LogP contribution is -2.35. The van der Waals surface area contributed by atoms with Crippen LogP contribution in [0.4, 0.5) is 5.69 Å². The summed E-state index contributed by atoms with van der Waals surface area (Å²) in [5.41, 5.74) is 0.668. The highest BCUT2D eigenvalue weighted by Crippen LogP contribution is 2.13. The van der Waals surface area contributed by atoms with E-state index in [1.807, 2.05) is 18.2 Å². The van der Waals surface area contributed by atoms with Crippen LogP contribution in [-0.4, -0.2) is 25.5 Å². The average molecular weight is 233 g/mol. The molecule has 0 bridgehead atoms. The van der Waals surface area contributed by atoms with E-state index in [9.17, 15) is 9.59 Å². The van der Waals surface area contributed by atoms with Crippen molar-refractivity contribution in [1.82, 2.24) is 0 Å². The summed E-state index contributed by atoms with van der Waals surface area (Å²) in [4.78, 5) is 24.5. The molecule has 0 heterocycles. The van der Waals surface area contributed by atoms with Crippen LogP contribution in [-0.2, 0) is 14.3 Å². The summed E-state index contributed by atoms with van der Waals surface area (Å²) in [6.45, 7) is 1.66. The van der Waals surface area contributed by atoms with Crippen molar-refractivity contribution in [2.24, 2.45) is 0 Å². The molecule has 0 saturated heterocycles. The normalized spacial score (nSPS) is 10.2. The Bertz CT molecular complexity index is 412. The highest BCUT2D eigenvalue weighted by atomic mass is 16.5. The van der Waals surface area contributed by atoms with Crippen LogP contribution in [0.1, 0.15) is 6.92 Å². The fraction of sp³-hybridized carbons (Fsp3) is 0.231.